The fourth-order valence-corrected chi connectivity index (χ4v) is 4.55. The summed E-state index contributed by atoms with van der Waals surface area (Å²) in [5.74, 6) is -3.33. The summed E-state index contributed by atoms with van der Waals surface area (Å²) in [5, 5.41) is 11.4. The highest BCUT2D eigenvalue weighted by molar-refractivity contribution is 7.91. The Morgan fingerprint density at radius 2 is 1.89 bits per heavy atom. The third-order valence-corrected chi connectivity index (χ3v) is 6.70. The minimum Gasteiger partial charge on any atom is -0.355 e. The highest BCUT2D eigenvalue weighted by atomic mass is 32.2. The second-order valence-electron chi connectivity index (χ2n) is 7.13. The molecular weight excluding hydrogens is 396 g/mol. The molecule has 0 N–H and O–H groups in total. The Balaban J connectivity index is 1.80. The third-order valence-electron chi connectivity index (χ3n) is 5.32. The Morgan fingerprint density at radius 3 is 2.46 bits per heavy atom. The van der Waals surface area contributed by atoms with E-state index in [0.717, 1.165) is 25.0 Å². The van der Waals surface area contributed by atoms with Crippen LogP contribution in [0.5, 0.6) is 0 Å². The van der Waals surface area contributed by atoms with Crippen molar-refractivity contribution in [2.24, 2.45) is 5.92 Å². The van der Waals surface area contributed by atoms with Crippen molar-refractivity contribution in [1.82, 2.24) is 4.90 Å². The first-order valence-electron chi connectivity index (χ1n) is 9.03. The normalized spacial score (nSPS) is 18.9. The van der Waals surface area contributed by atoms with Crippen LogP contribution in [0.25, 0.3) is 0 Å². The molecule has 0 unspecified atom stereocenters. The van der Waals surface area contributed by atoms with Crippen LogP contribution in [0.2, 0.25) is 0 Å². The molecule has 2 aliphatic rings. The van der Waals surface area contributed by atoms with Crippen molar-refractivity contribution in [1.29, 1.82) is 0 Å². The van der Waals surface area contributed by atoms with Gasteiger partial charge in [-0.15, -0.1) is 0 Å². The molecule has 0 atom stereocenters. The molecule has 0 aromatic heterocycles. The van der Waals surface area contributed by atoms with Crippen molar-refractivity contribution in [2.75, 3.05) is 31.1 Å². The van der Waals surface area contributed by atoms with Crippen LogP contribution in [-0.4, -0.2) is 56.1 Å². The van der Waals surface area contributed by atoms with Crippen LogP contribution in [-0.2, 0) is 14.6 Å². The van der Waals surface area contributed by atoms with Gasteiger partial charge in [-0.05, 0) is 30.9 Å². The molecule has 1 aromatic carbocycles. The number of rotatable bonds is 6. The molecule has 1 saturated carbocycles. The molecule has 1 aromatic rings. The number of nitro benzene ring substituents is 1. The molecule has 11 heteroatoms. The second kappa shape index (κ2) is 7.98. The molecule has 1 heterocycles. The summed E-state index contributed by atoms with van der Waals surface area (Å²) < 4.78 is 48.7. The largest absolute Gasteiger partial charge is 0.355 e. The molecular formula is C17H21F2N3O5S. The number of hydrogen-bond donors (Lipinski definition) is 0. The standard InChI is InChI=1S/C17H21F2N3O5S/c18-17(19)28(26,27)13-5-6-14(15(9-13)22(24)25)20-7-8-21(16(23)11-20)10-12-3-1-2-4-12/h5-6,9,12,17H,1-4,7-8,10-11H2. The van der Waals surface area contributed by atoms with Crippen molar-refractivity contribution < 1.29 is 26.9 Å². The van der Waals surface area contributed by atoms with Gasteiger partial charge in [-0.1, -0.05) is 12.8 Å². The third kappa shape index (κ3) is 4.08. The minimum atomic E-state index is -4.94. The number of benzene rings is 1. The minimum absolute atomic E-state index is 0.0482. The summed E-state index contributed by atoms with van der Waals surface area (Å²) in [4.78, 5) is 25.5. The van der Waals surface area contributed by atoms with Gasteiger partial charge in [0.15, 0.2) is 0 Å². The number of halogens is 2. The van der Waals surface area contributed by atoms with Gasteiger partial charge in [0.2, 0.25) is 15.7 Å². The molecule has 0 spiro atoms. The van der Waals surface area contributed by atoms with E-state index in [9.17, 15) is 32.1 Å². The summed E-state index contributed by atoms with van der Waals surface area (Å²) in [6, 6.07) is 2.67. The van der Waals surface area contributed by atoms with Crippen molar-refractivity contribution >= 4 is 27.1 Å². The van der Waals surface area contributed by atoms with E-state index in [2.05, 4.69) is 0 Å². The Bertz CT molecular complexity index is 872. The van der Waals surface area contributed by atoms with Crippen LogP contribution in [0.1, 0.15) is 25.7 Å². The van der Waals surface area contributed by atoms with Gasteiger partial charge in [-0.2, -0.15) is 8.78 Å². The van der Waals surface area contributed by atoms with Gasteiger partial charge >= 0.3 is 5.76 Å². The lowest BCUT2D eigenvalue weighted by Crippen LogP contribution is -2.51. The lowest BCUT2D eigenvalue weighted by atomic mass is 10.1. The highest BCUT2D eigenvalue weighted by Gasteiger charge is 2.33. The average molecular weight is 417 g/mol. The van der Waals surface area contributed by atoms with Crippen molar-refractivity contribution in [2.45, 2.75) is 36.3 Å². The smallest absolute Gasteiger partial charge is 0.341 e. The van der Waals surface area contributed by atoms with Crippen LogP contribution in [0.15, 0.2) is 23.1 Å². The maximum atomic E-state index is 12.7. The van der Waals surface area contributed by atoms with Gasteiger partial charge in [0, 0.05) is 25.7 Å². The summed E-state index contributed by atoms with van der Waals surface area (Å²) in [7, 11) is -4.94. The van der Waals surface area contributed by atoms with Gasteiger partial charge in [0.25, 0.3) is 5.69 Å². The molecule has 28 heavy (non-hydrogen) atoms. The van der Waals surface area contributed by atoms with E-state index >= 15 is 0 Å². The first-order valence-corrected chi connectivity index (χ1v) is 10.6. The lowest BCUT2D eigenvalue weighted by molar-refractivity contribution is -0.384. The van der Waals surface area contributed by atoms with Crippen molar-refractivity contribution in [3.8, 4) is 0 Å². The maximum absolute atomic E-state index is 12.7. The van der Waals surface area contributed by atoms with E-state index in [1.807, 2.05) is 0 Å². The first kappa shape index (κ1) is 20.4. The summed E-state index contributed by atoms with van der Waals surface area (Å²) in [5.41, 5.74) is -0.564. The molecule has 2 fully saturated rings. The predicted molar refractivity (Wildman–Crippen MR) is 97.0 cm³/mol. The van der Waals surface area contributed by atoms with Crippen LogP contribution in [0, 0.1) is 16.0 Å². The number of carbonyl (C=O) groups is 1. The van der Waals surface area contributed by atoms with E-state index in [4.69, 9.17) is 0 Å². The summed E-state index contributed by atoms with van der Waals surface area (Å²) in [6.45, 7) is 1.36. The zero-order chi connectivity index (χ0) is 20.5. The number of carbonyl (C=O) groups excluding carboxylic acids is 1. The van der Waals surface area contributed by atoms with E-state index < -0.39 is 31.1 Å². The van der Waals surface area contributed by atoms with Crippen LogP contribution < -0.4 is 4.90 Å². The average Bonchev–Trinajstić information content (AvgIpc) is 3.15. The fraction of sp³-hybridized carbons (Fsp3) is 0.588. The van der Waals surface area contributed by atoms with E-state index in [1.54, 1.807) is 4.90 Å². The van der Waals surface area contributed by atoms with Gasteiger partial charge in [-0.25, -0.2) is 8.42 Å². The van der Waals surface area contributed by atoms with Crippen LogP contribution >= 0.6 is 0 Å². The quantitative estimate of drug-likeness (QED) is 0.521. The molecule has 3 rings (SSSR count). The number of nitrogens with zero attached hydrogens (tertiary/aromatic N) is 3. The monoisotopic (exact) mass is 417 g/mol. The topological polar surface area (TPSA) is 101 Å². The summed E-state index contributed by atoms with van der Waals surface area (Å²) >= 11 is 0. The maximum Gasteiger partial charge on any atom is 0.341 e. The molecule has 1 amide bonds. The number of sulfone groups is 1. The molecule has 1 saturated heterocycles. The van der Waals surface area contributed by atoms with E-state index in [1.165, 1.54) is 17.7 Å². The van der Waals surface area contributed by atoms with Crippen molar-refractivity contribution in [3.05, 3.63) is 28.3 Å². The Labute approximate surface area is 161 Å². The van der Waals surface area contributed by atoms with E-state index in [-0.39, 0.29) is 18.1 Å². The second-order valence-corrected chi connectivity index (χ2v) is 9.04. The first-order chi connectivity index (χ1) is 13.2. The number of amides is 1. The number of nitro groups is 1. The molecule has 8 nitrogen and oxygen atoms in total. The van der Waals surface area contributed by atoms with Gasteiger partial charge in [0.1, 0.15) is 5.69 Å². The van der Waals surface area contributed by atoms with Crippen molar-refractivity contribution in [3.63, 3.8) is 0 Å². The zero-order valence-corrected chi connectivity index (χ0v) is 15.9. The van der Waals surface area contributed by atoms with Gasteiger partial charge < -0.3 is 9.80 Å². The predicted octanol–water partition coefficient (Wildman–Crippen LogP) is 2.43. The van der Waals surface area contributed by atoms with Gasteiger partial charge in [-0.3, -0.25) is 14.9 Å². The molecule has 0 bridgehead atoms. The zero-order valence-electron chi connectivity index (χ0n) is 15.1. The molecule has 0 radical (unpaired) electrons. The number of anilines is 1. The Hall–Kier alpha value is -2.30. The molecule has 154 valence electrons. The van der Waals surface area contributed by atoms with Gasteiger partial charge in [0.05, 0.1) is 16.4 Å². The fourth-order valence-electron chi connectivity index (χ4n) is 3.81. The van der Waals surface area contributed by atoms with E-state index in [0.29, 0.717) is 31.6 Å². The summed E-state index contributed by atoms with van der Waals surface area (Å²) in [6.07, 6.45) is 4.52. The van der Waals surface area contributed by atoms with Crippen LogP contribution in [0.3, 0.4) is 0 Å². The highest BCUT2D eigenvalue weighted by Crippen LogP contribution is 2.33. The molecule has 1 aliphatic carbocycles. The Kier molecular flexibility index (Phi) is 5.82. The number of hydrogen-bond acceptors (Lipinski definition) is 6. The SMILES string of the molecule is O=C1CN(c2ccc(S(=O)(=O)C(F)F)cc2[N+](=O)[O-])CCN1CC1CCCC1. The number of piperazine rings is 1. The Morgan fingerprint density at radius 1 is 1.21 bits per heavy atom. The lowest BCUT2D eigenvalue weighted by Gasteiger charge is -2.36. The van der Waals surface area contributed by atoms with Crippen LogP contribution in [0.4, 0.5) is 20.2 Å². The molecule has 1 aliphatic heterocycles. The number of alkyl halides is 2.